The van der Waals surface area contributed by atoms with Crippen molar-refractivity contribution >= 4 is 11.9 Å². The number of aliphatic carboxylic acids is 1. The summed E-state index contributed by atoms with van der Waals surface area (Å²) in [6.45, 7) is 7.13. The summed E-state index contributed by atoms with van der Waals surface area (Å²) in [6.07, 6.45) is 1.43. The van der Waals surface area contributed by atoms with Gasteiger partial charge in [-0.25, -0.2) is 4.79 Å². The number of rotatable bonds is 7. The smallest absolute Gasteiger partial charge is 0.329 e. The van der Waals surface area contributed by atoms with E-state index in [0.717, 1.165) is 11.3 Å². The number of carboxylic acid groups (broad SMARTS) is 1. The Kier molecular flexibility index (Phi) is 5.30. The molecule has 0 aliphatic heterocycles. The maximum absolute atomic E-state index is 12.0. The number of carbonyl (C=O) groups excluding carboxylic acids is 1. The van der Waals surface area contributed by atoms with Crippen molar-refractivity contribution in [3.63, 3.8) is 0 Å². The minimum Gasteiger partial charge on any atom is -0.480 e. The van der Waals surface area contributed by atoms with Gasteiger partial charge < -0.3 is 14.9 Å². The van der Waals surface area contributed by atoms with Crippen LogP contribution >= 0.6 is 0 Å². The first kappa shape index (κ1) is 16.2. The SMILES string of the molecule is CCC(CC)(NC(=O)CCc1c(C)noc1C)C(=O)O. The highest BCUT2D eigenvalue weighted by Gasteiger charge is 2.36. The van der Waals surface area contributed by atoms with Crippen LogP contribution in [0.4, 0.5) is 0 Å². The van der Waals surface area contributed by atoms with Gasteiger partial charge in [0, 0.05) is 12.0 Å². The highest BCUT2D eigenvalue weighted by molar-refractivity contribution is 5.87. The summed E-state index contributed by atoms with van der Waals surface area (Å²) >= 11 is 0. The Bertz CT molecular complexity index is 470. The van der Waals surface area contributed by atoms with Crippen LogP contribution in [0.3, 0.4) is 0 Å². The molecule has 0 aliphatic carbocycles. The van der Waals surface area contributed by atoms with Gasteiger partial charge in [0.25, 0.3) is 0 Å². The lowest BCUT2D eigenvalue weighted by Gasteiger charge is -2.28. The second-order valence-electron chi connectivity index (χ2n) is 4.95. The van der Waals surface area contributed by atoms with Crippen LogP contribution in [-0.4, -0.2) is 27.7 Å². The van der Waals surface area contributed by atoms with Crippen molar-refractivity contribution in [1.29, 1.82) is 0 Å². The number of carbonyl (C=O) groups is 2. The average Bonchev–Trinajstić information content (AvgIpc) is 2.73. The molecule has 2 N–H and O–H groups in total. The molecule has 0 saturated heterocycles. The first-order chi connectivity index (χ1) is 9.36. The predicted octanol–water partition coefficient (Wildman–Crippen LogP) is 1.98. The highest BCUT2D eigenvalue weighted by atomic mass is 16.5. The molecule has 1 aromatic heterocycles. The fourth-order valence-electron chi connectivity index (χ4n) is 2.21. The fraction of sp³-hybridized carbons (Fsp3) is 0.643. The lowest BCUT2D eigenvalue weighted by molar-refractivity contribution is -0.148. The molecule has 0 bridgehead atoms. The van der Waals surface area contributed by atoms with Gasteiger partial charge in [0.05, 0.1) is 5.69 Å². The Morgan fingerprint density at radius 1 is 1.30 bits per heavy atom. The quantitative estimate of drug-likeness (QED) is 0.797. The maximum Gasteiger partial charge on any atom is 0.329 e. The molecule has 20 heavy (non-hydrogen) atoms. The fourth-order valence-corrected chi connectivity index (χ4v) is 2.21. The number of aryl methyl sites for hydroxylation is 2. The van der Waals surface area contributed by atoms with Crippen molar-refractivity contribution in [2.75, 3.05) is 0 Å². The number of hydrogen-bond acceptors (Lipinski definition) is 4. The number of nitrogens with zero attached hydrogens (tertiary/aromatic N) is 1. The predicted molar refractivity (Wildman–Crippen MR) is 73.4 cm³/mol. The number of aromatic nitrogens is 1. The van der Waals surface area contributed by atoms with E-state index in [1.165, 1.54) is 0 Å². The molecule has 0 unspecified atom stereocenters. The second-order valence-corrected chi connectivity index (χ2v) is 4.95. The first-order valence-electron chi connectivity index (χ1n) is 6.82. The molecular weight excluding hydrogens is 260 g/mol. The Morgan fingerprint density at radius 3 is 2.30 bits per heavy atom. The summed E-state index contributed by atoms with van der Waals surface area (Å²) in [5, 5.41) is 15.7. The molecule has 0 fully saturated rings. The lowest BCUT2D eigenvalue weighted by atomic mass is 9.92. The van der Waals surface area contributed by atoms with Gasteiger partial charge in [-0.15, -0.1) is 0 Å². The van der Waals surface area contributed by atoms with Crippen molar-refractivity contribution in [3.8, 4) is 0 Å². The molecule has 0 atom stereocenters. The molecule has 1 aromatic rings. The molecule has 1 amide bonds. The monoisotopic (exact) mass is 282 g/mol. The molecule has 6 heteroatoms. The van der Waals surface area contributed by atoms with Gasteiger partial charge in [-0.05, 0) is 33.1 Å². The Morgan fingerprint density at radius 2 is 1.90 bits per heavy atom. The van der Waals surface area contributed by atoms with Gasteiger partial charge in [-0.2, -0.15) is 0 Å². The normalized spacial score (nSPS) is 11.4. The van der Waals surface area contributed by atoms with E-state index >= 15 is 0 Å². The summed E-state index contributed by atoms with van der Waals surface area (Å²) in [6, 6.07) is 0. The van der Waals surface area contributed by atoms with E-state index in [9.17, 15) is 14.7 Å². The third-order valence-electron chi connectivity index (χ3n) is 3.78. The summed E-state index contributed by atoms with van der Waals surface area (Å²) in [4.78, 5) is 23.3. The molecule has 1 rings (SSSR count). The van der Waals surface area contributed by atoms with Crippen molar-refractivity contribution in [1.82, 2.24) is 10.5 Å². The van der Waals surface area contributed by atoms with E-state index < -0.39 is 11.5 Å². The van der Waals surface area contributed by atoms with Crippen molar-refractivity contribution < 1.29 is 19.2 Å². The van der Waals surface area contributed by atoms with Crippen molar-refractivity contribution in [3.05, 3.63) is 17.0 Å². The van der Waals surface area contributed by atoms with Crippen molar-refractivity contribution in [2.24, 2.45) is 0 Å². The number of carboxylic acids is 1. The van der Waals surface area contributed by atoms with E-state index in [2.05, 4.69) is 10.5 Å². The first-order valence-corrected chi connectivity index (χ1v) is 6.82. The van der Waals surface area contributed by atoms with Gasteiger partial charge in [0.15, 0.2) is 0 Å². The van der Waals surface area contributed by atoms with E-state index in [1.54, 1.807) is 20.8 Å². The maximum atomic E-state index is 12.0. The van der Waals surface area contributed by atoms with Crippen LogP contribution in [0.25, 0.3) is 0 Å². The minimum atomic E-state index is -1.17. The standard InChI is InChI=1S/C14H22N2O4/c1-5-14(6-2,13(18)19)15-12(17)8-7-11-9(3)16-20-10(11)4/h5-8H2,1-4H3,(H,15,17)(H,18,19). The topological polar surface area (TPSA) is 92.4 Å². The lowest BCUT2D eigenvalue weighted by Crippen LogP contribution is -2.53. The number of amides is 1. The summed E-state index contributed by atoms with van der Waals surface area (Å²) in [5.41, 5.74) is 0.510. The summed E-state index contributed by atoms with van der Waals surface area (Å²) in [7, 11) is 0. The zero-order valence-electron chi connectivity index (χ0n) is 12.4. The minimum absolute atomic E-state index is 0.220. The van der Waals surface area contributed by atoms with Crippen LogP contribution in [0.5, 0.6) is 0 Å². The average molecular weight is 282 g/mol. The molecule has 112 valence electrons. The van der Waals surface area contributed by atoms with E-state index in [0.29, 0.717) is 25.0 Å². The van der Waals surface area contributed by atoms with E-state index in [4.69, 9.17) is 4.52 Å². The molecule has 0 aliphatic rings. The van der Waals surface area contributed by atoms with Crippen LogP contribution in [0, 0.1) is 13.8 Å². The van der Waals surface area contributed by atoms with E-state index in [1.807, 2.05) is 6.92 Å². The van der Waals surface area contributed by atoms with Crippen molar-refractivity contribution in [2.45, 2.75) is 58.9 Å². The molecule has 0 spiro atoms. The van der Waals surface area contributed by atoms with Gasteiger partial charge >= 0.3 is 5.97 Å². The molecule has 0 radical (unpaired) electrons. The van der Waals surface area contributed by atoms with Gasteiger partial charge in [-0.1, -0.05) is 19.0 Å². The van der Waals surface area contributed by atoms with E-state index in [-0.39, 0.29) is 12.3 Å². The largest absolute Gasteiger partial charge is 0.480 e. The number of nitrogens with one attached hydrogen (secondary N) is 1. The van der Waals surface area contributed by atoms with Gasteiger partial charge in [0.1, 0.15) is 11.3 Å². The van der Waals surface area contributed by atoms with Crippen LogP contribution in [0.15, 0.2) is 4.52 Å². The Labute approximate surface area is 118 Å². The second kappa shape index (κ2) is 6.54. The Balaban J connectivity index is 2.66. The van der Waals surface area contributed by atoms with Crippen LogP contribution in [-0.2, 0) is 16.0 Å². The Hall–Kier alpha value is -1.85. The third kappa shape index (κ3) is 3.37. The number of hydrogen-bond donors (Lipinski definition) is 2. The molecule has 0 aromatic carbocycles. The van der Waals surface area contributed by atoms with Crippen LogP contribution in [0.2, 0.25) is 0 Å². The molecular formula is C14H22N2O4. The van der Waals surface area contributed by atoms with Gasteiger partial charge in [0.2, 0.25) is 5.91 Å². The zero-order valence-corrected chi connectivity index (χ0v) is 12.4. The van der Waals surface area contributed by atoms with Crippen LogP contribution in [0.1, 0.15) is 50.1 Å². The summed E-state index contributed by atoms with van der Waals surface area (Å²) in [5.74, 6) is -0.560. The molecule has 0 saturated carbocycles. The summed E-state index contributed by atoms with van der Waals surface area (Å²) < 4.78 is 5.03. The highest BCUT2D eigenvalue weighted by Crippen LogP contribution is 2.17. The zero-order chi connectivity index (χ0) is 15.3. The molecule has 1 heterocycles. The van der Waals surface area contributed by atoms with Gasteiger partial charge in [-0.3, -0.25) is 4.79 Å². The van der Waals surface area contributed by atoms with Crippen LogP contribution < -0.4 is 5.32 Å². The third-order valence-corrected chi connectivity index (χ3v) is 3.78. The molecule has 6 nitrogen and oxygen atoms in total.